The first-order chi connectivity index (χ1) is 14.3. The van der Waals surface area contributed by atoms with E-state index in [-0.39, 0.29) is 23.9 Å². The first-order valence-corrected chi connectivity index (χ1v) is 10.5. The predicted octanol–water partition coefficient (Wildman–Crippen LogP) is 4.32. The number of carbonyl (C=O) groups excluding carboxylic acids is 2. The Kier molecular flexibility index (Phi) is 8.67. The SMILES string of the molecule is CCOC(=O)c1csc(CN(CCC(C)C)C(=O)/C=C/c2ccc([N+](=O)[O-])cc2)n1. The van der Waals surface area contributed by atoms with Crippen molar-refractivity contribution in [2.45, 2.75) is 33.7 Å². The molecule has 2 rings (SSSR count). The zero-order valence-electron chi connectivity index (χ0n) is 17.2. The molecule has 0 unspecified atom stereocenters. The number of ether oxygens (including phenoxy) is 1. The molecule has 9 heteroatoms. The highest BCUT2D eigenvalue weighted by molar-refractivity contribution is 7.09. The van der Waals surface area contributed by atoms with Gasteiger partial charge in [-0.25, -0.2) is 9.78 Å². The highest BCUT2D eigenvalue weighted by atomic mass is 32.1. The van der Waals surface area contributed by atoms with Crippen molar-refractivity contribution in [3.05, 3.63) is 62.1 Å². The van der Waals surface area contributed by atoms with Crippen LogP contribution in [0.15, 0.2) is 35.7 Å². The number of thiazole rings is 1. The number of nitro benzene ring substituents is 1. The number of nitro groups is 1. The van der Waals surface area contributed by atoms with Crippen molar-refractivity contribution >= 4 is 35.0 Å². The zero-order valence-corrected chi connectivity index (χ0v) is 18.1. The van der Waals surface area contributed by atoms with Crippen LogP contribution in [0.5, 0.6) is 0 Å². The van der Waals surface area contributed by atoms with E-state index >= 15 is 0 Å². The summed E-state index contributed by atoms with van der Waals surface area (Å²) in [5, 5.41) is 13.0. The summed E-state index contributed by atoms with van der Waals surface area (Å²) in [7, 11) is 0. The zero-order chi connectivity index (χ0) is 22.1. The van der Waals surface area contributed by atoms with E-state index in [0.717, 1.165) is 6.42 Å². The lowest BCUT2D eigenvalue weighted by Crippen LogP contribution is -2.30. The number of esters is 1. The molecule has 1 aromatic carbocycles. The lowest BCUT2D eigenvalue weighted by atomic mass is 10.1. The van der Waals surface area contributed by atoms with Crippen LogP contribution in [0.25, 0.3) is 6.08 Å². The summed E-state index contributed by atoms with van der Waals surface area (Å²) in [4.78, 5) is 40.8. The van der Waals surface area contributed by atoms with E-state index in [4.69, 9.17) is 4.74 Å². The normalized spacial score (nSPS) is 11.1. The third-order valence-corrected chi connectivity index (χ3v) is 5.01. The third kappa shape index (κ3) is 7.07. The van der Waals surface area contributed by atoms with Crippen molar-refractivity contribution in [2.24, 2.45) is 5.92 Å². The Morgan fingerprint density at radius 3 is 2.60 bits per heavy atom. The Morgan fingerprint density at radius 2 is 2.00 bits per heavy atom. The Bertz CT molecular complexity index is 906. The van der Waals surface area contributed by atoms with Gasteiger partial charge in [-0.3, -0.25) is 14.9 Å². The van der Waals surface area contributed by atoms with Crippen LogP contribution in [0, 0.1) is 16.0 Å². The molecule has 0 aliphatic rings. The van der Waals surface area contributed by atoms with E-state index in [0.29, 0.717) is 29.6 Å². The first-order valence-electron chi connectivity index (χ1n) is 9.63. The molecular weight excluding hydrogens is 406 g/mol. The minimum Gasteiger partial charge on any atom is -0.461 e. The van der Waals surface area contributed by atoms with Crippen LogP contribution < -0.4 is 0 Å². The largest absolute Gasteiger partial charge is 0.461 e. The van der Waals surface area contributed by atoms with Gasteiger partial charge >= 0.3 is 5.97 Å². The molecule has 0 fully saturated rings. The summed E-state index contributed by atoms with van der Waals surface area (Å²) in [6, 6.07) is 5.97. The van der Waals surface area contributed by atoms with E-state index in [1.165, 1.54) is 29.5 Å². The molecule has 0 spiro atoms. The molecule has 160 valence electrons. The monoisotopic (exact) mass is 431 g/mol. The highest BCUT2D eigenvalue weighted by Gasteiger charge is 2.17. The first kappa shape index (κ1) is 23.2. The minimum atomic E-state index is -0.474. The molecule has 0 aliphatic heterocycles. The van der Waals surface area contributed by atoms with Gasteiger partial charge in [-0.05, 0) is 43.0 Å². The molecule has 2 aromatic rings. The number of nitrogens with zero attached hydrogens (tertiary/aromatic N) is 3. The quantitative estimate of drug-likeness (QED) is 0.240. The Balaban J connectivity index is 2.10. The van der Waals surface area contributed by atoms with Crippen LogP contribution in [0.4, 0.5) is 5.69 Å². The molecule has 1 aromatic heterocycles. The average Bonchev–Trinajstić information content (AvgIpc) is 3.18. The summed E-state index contributed by atoms with van der Waals surface area (Å²) in [6.45, 7) is 7.01. The van der Waals surface area contributed by atoms with Crippen molar-refractivity contribution < 1.29 is 19.2 Å². The van der Waals surface area contributed by atoms with Gasteiger partial charge in [0, 0.05) is 30.1 Å². The van der Waals surface area contributed by atoms with E-state index in [1.807, 2.05) is 0 Å². The molecule has 1 heterocycles. The van der Waals surface area contributed by atoms with Crippen molar-refractivity contribution in [2.75, 3.05) is 13.2 Å². The maximum Gasteiger partial charge on any atom is 0.357 e. The van der Waals surface area contributed by atoms with Crippen molar-refractivity contribution in [3.63, 3.8) is 0 Å². The van der Waals surface area contributed by atoms with Gasteiger partial charge in [0.1, 0.15) is 5.01 Å². The summed E-state index contributed by atoms with van der Waals surface area (Å²) in [6.07, 6.45) is 3.90. The van der Waals surface area contributed by atoms with Crippen LogP contribution in [0.2, 0.25) is 0 Å². The fraction of sp³-hybridized carbons (Fsp3) is 0.381. The molecule has 0 aliphatic carbocycles. The van der Waals surface area contributed by atoms with Gasteiger partial charge in [-0.1, -0.05) is 13.8 Å². The topological polar surface area (TPSA) is 103 Å². The molecule has 1 amide bonds. The van der Waals surface area contributed by atoms with Gasteiger partial charge in [0.25, 0.3) is 5.69 Å². The van der Waals surface area contributed by atoms with Gasteiger partial charge in [0.15, 0.2) is 5.69 Å². The molecule has 0 bridgehead atoms. The van der Waals surface area contributed by atoms with E-state index < -0.39 is 10.9 Å². The van der Waals surface area contributed by atoms with Gasteiger partial charge in [0.05, 0.1) is 18.1 Å². The lowest BCUT2D eigenvalue weighted by Gasteiger charge is -2.21. The Morgan fingerprint density at radius 1 is 1.30 bits per heavy atom. The number of amides is 1. The number of rotatable bonds is 10. The third-order valence-electron chi connectivity index (χ3n) is 4.17. The van der Waals surface area contributed by atoms with E-state index in [2.05, 4.69) is 18.8 Å². The van der Waals surface area contributed by atoms with Crippen LogP contribution >= 0.6 is 11.3 Å². The second kappa shape index (κ2) is 11.2. The smallest absolute Gasteiger partial charge is 0.357 e. The number of hydrogen-bond acceptors (Lipinski definition) is 7. The van der Waals surface area contributed by atoms with Crippen LogP contribution in [-0.2, 0) is 16.1 Å². The maximum atomic E-state index is 12.8. The van der Waals surface area contributed by atoms with Crippen molar-refractivity contribution in [1.82, 2.24) is 9.88 Å². The molecule has 0 atom stereocenters. The van der Waals surface area contributed by atoms with Crippen LogP contribution in [0.3, 0.4) is 0 Å². The second-order valence-corrected chi connectivity index (χ2v) is 7.91. The predicted molar refractivity (Wildman–Crippen MR) is 115 cm³/mol. The number of non-ortho nitro benzene ring substituents is 1. The molecule has 0 N–H and O–H groups in total. The maximum absolute atomic E-state index is 12.8. The molecule has 8 nitrogen and oxygen atoms in total. The summed E-state index contributed by atoms with van der Waals surface area (Å²) >= 11 is 1.31. The van der Waals surface area contributed by atoms with Gasteiger partial charge in [-0.2, -0.15) is 0 Å². The Hall–Kier alpha value is -3.07. The molecule has 0 saturated heterocycles. The van der Waals surface area contributed by atoms with E-state index in [1.54, 1.807) is 35.4 Å². The van der Waals surface area contributed by atoms with Crippen LogP contribution in [0.1, 0.15) is 48.3 Å². The number of benzene rings is 1. The average molecular weight is 432 g/mol. The van der Waals surface area contributed by atoms with Crippen molar-refractivity contribution in [1.29, 1.82) is 0 Å². The fourth-order valence-corrected chi connectivity index (χ4v) is 3.28. The summed E-state index contributed by atoms with van der Waals surface area (Å²) in [5.74, 6) is -0.245. The minimum absolute atomic E-state index is 0.00166. The van der Waals surface area contributed by atoms with Crippen LogP contribution in [-0.4, -0.2) is 39.8 Å². The second-order valence-electron chi connectivity index (χ2n) is 6.97. The van der Waals surface area contributed by atoms with Gasteiger partial charge in [0.2, 0.25) is 5.91 Å². The molecule has 30 heavy (non-hydrogen) atoms. The lowest BCUT2D eigenvalue weighted by molar-refractivity contribution is -0.384. The molecule has 0 saturated carbocycles. The standard InChI is InChI=1S/C21H25N3O5S/c1-4-29-21(26)18-14-30-19(22-18)13-23(12-11-15(2)3)20(25)10-7-16-5-8-17(9-6-16)24(27)28/h5-10,14-15H,4,11-13H2,1-3H3/b10-7+. The molecule has 0 radical (unpaired) electrons. The number of carbonyl (C=O) groups is 2. The highest BCUT2D eigenvalue weighted by Crippen LogP contribution is 2.16. The Labute approximate surface area is 179 Å². The van der Waals surface area contributed by atoms with Gasteiger partial charge < -0.3 is 9.64 Å². The summed E-state index contributed by atoms with van der Waals surface area (Å²) in [5.41, 5.74) is 0.935. The summed E-state index contributed by atoms with van der Waals surface area (Å²) < 4.78 is 4.95. The molecular formula is C21H25N3O5S. The van der Waals surface area contributed by atoms with E-state index in [9.17, 15) is 19.7 Å². The van der Waals surface area contributed by atoms with Gasteiger partial charge in [-0.15, -0.1) is 11.3 Å². The number of hydrogen-bond donors (Lipinski definition) is 0. The number of aromatic nitrogens is 1. The van der Waals surface area contributed by atoms with Crippen molar-refractivity contribution in [3.8, 4) is 0 Å². The fourth-order valence-electron chi connectivity index (χ4n) is 2.51.